The van der Waals surface area contributed by atoms with Gasteiger partial charge in [0.05, 0.1) is 6.61 Å². The smallest absolute Gasteiger partial charge is 0.129 e. The topological polar surface area (TPSA) is 36.4 Å². The molecule has 1 aliphatic rings. The number of hydrogen-bond donors (Lipinski definition) is 1. The van der Waals surface area contributed by atoms with Crippen LogP contribution in [0.2, 0.25) is 0 Å². The molecule has 0 saturated carbocycles. The second-order valence-corrected chi connectivity index (χ2v) is 6.38. The van der Waals surface area contributed by atoms with E-state index in [-0.39, 0.29) is 6.61 Å². The van der Waals surface area contributed by atoms with Gasteiger partial charge in [-0.15, -0.1) is 0 Å². The summed E-state index contributed by atoms with van der Waals surface area (Å²) >= 11 is 0. The molecule has 3 heteroatoms. The van der Waals surface area contributed by atoms with Crippen molar-refractivity contribution >= 4 is 5.82 Å². The van der Waals surface area contributed by atoms with Crippen LogP contribution in [0, 0.1) is 5.41 Å². The van der Waals surface area contributed by atoms with Gasteiger partial charge in [0.25, 0.3) is 0 Å². The molecule has 1 fully saturated rings. The first-order valence-corrected chi connectivity index (χ1v) is 7.96. The van der Waals surface area contributed by atoms with E-state index in [4.69, 9.17) is 4.98 Å². The molecule has 1 aliphatic heterocycles. The molecule has 0 spiro atoms. The van der Waals surface area contributed by atoms with E-state index in [1.807, 2.05) is 12.1 Å². The lowest BCUT2D eigenvalue weighted by Crippen LogP contribution is -2.39. The number of rotatable bonds is 5. The molecule has 0 unspecified atom stereocenters. The monoisotopic (exact) mass is 276 g/mol. The van der Waals surface area contributed by atoms with Gasteiger partial charge in [0.2, 0.25) is 0 Å². The highest BCUT2D eigenvalue weighted by Gasteiger charge is 2.28. The van der Waals surface area contributed by atoms with Crippen LogP contribution in [0.4, 0.5) is 5.82 Å². The van der Waals surface area contributed by atoms with Crippen molar-refractivity contribution in [2.45, 2.75) is 59.5 Å². The molecule has 20 heavy (non-hydrogen) atoms. The Bertz CT molecular complexity index is 437. The van der Waals surface area contributed by atoms with Crippen LogP contribution in [-0.4, -0.2) is 23.2 Å². The number of pyridine rings is 1. The minimum absolute atomic E-state index is 0.104. The molecule has 2 rings (SSSR count). The Balaban J connectivity index is 2.14. The maximum Gasteiger partial charge on any atom is 0.129 e. The summed E-state index contributed by atoms with van der Waals surface area (Å²) in [5.41, 5.74) is 2.59. The number of aromatic nitrogens is 1. The van der Waals surface area contributed by atoms with Gasteiger partial charge < -0.3 is 10.0 Å². The van der Waals surface area contributed by atoms with Gasteiger partial charge >= 0.3 is 0 Å². The van der Waals surface area contributed by atoms with E-state index < -0.39 is 0 Å². The molecule has 0 aromatic carbocycles. The van der Waals surface area contributed by atoms with Crippen molar-refractivity contribution < 1.29 is 5.11 Å². The first-order valence-electron chi connectivity index (χ1n) is 7.96. The standard InChI is InChI=1S/C17H28N2O/c1-4-6-15-11-14(13-20)12-16(18-15)19-9-7-17(3,5-2)8-10-19/h11-12,20H,4-10,13H2,1-3H3. The summed E-state index contributed by atoms with van der Waals surface area (Å²) in [5.74, 6) is 1.05. The fourth-order valence-corrected chi connectivity index (χ4v) is 2.90. The number of aliphatic hydroxyl groups is 1. The van der Waals surface area contributed by atoms with Crippen LogP contribution in [0.15, 0.2) is 12.1 Å². The highest BCUT2D eigenvalue weighted by molar-refractivity contribution is 5.43. The van der Waals surface area contributed by atoms with Gasteiger partial charge in [-0.2, -0.15) is 0 Å². The fraction of sp³-hybridized carbons (Fsp3) is 0.706. The molecule has 3 nitrogen and oxygen atoms in total. The number of aryl methyl sites for hydroxylation is 1. The first-order chi connectivity index (χ1) is 9.60. The predicted molar refractivity (Wildman–Crippen MR) is 84.0 cm³/mol. The number of piperidine rings is 1. The minimum atomic E-state index is 0.104. The Hall–Kier alpha value is -1.09. The van der Waals surface area contributed by atoms with Gasteiger partial charge in [0.1, 0.15) is 5.82 Å². The zero-order valence-electron chi connectivity index (χ0n) is 13.2. The van der Waals surface area contributed by atoms with Crippen LogP contribution >= 0.6 is 0 Å². The van der Waals surface area contributed by atoms with E-state index in [2.05, 4.69) is 25.7 Å². The van der Waals surface area contributed by atoms with Crippen molar-refractivity contribution in [3.63, 3.8) is 0 Å². The predicted octanol–water partition coefficient (Wildman–Crippen LogP) is 3.54. The lowest BCUT2D eigenvalue weighted by molar-refractivity contribution is 0.237. The van der Waals surface area contributed by atoms with Gasteiger partial charge in [-0.25, -0.2) is 4.98 Å². The van der Waals surface area contributed by atoms with Crippen molar-refractivity contribution in [3.8, 4) is 0 Å². The normalized spacial score (nSPS) is 18.3. The fourth-order valence-electron chi connectivity index (χ4n) is 2.90. The average Bonchev–Trinajstić information content (AvgIpc) is 2.48. The lowest BCUT2D eigenvalue weighted by Gasteiger charge is -2.39. The van der Waals surface area contributed by atoms with Crippen LogP contribution in [0.25, 0.3) is 0 Å². The summed E-state index contributed by atoms with van der Waals surface area (Å²) in [7, 11) is 0. The summed E-state index contributed by atoms with van der Waals surface area (Å²) in [4.78, 5) is 7.17. The maximum atomic E-state index is 9.43. The molecule has 1 aromatic rings. The van der Waals surface area contributed by atoms with Gasteiger partial charge in [0, 0.05) is 18.8 Å². The van der Waals surface area contributed by atoms with E-state index in [1.165, 1.54) is 19.3 Å². The number of hydrogen-bond acceptors (Lipinski definition) is 3. The number of nitrogens with zero attached hydrogens (tertiary/aromatic N) is 2. The van der Waals surface area contributed by atoms with Crippen LogP contribution in [-0.2, 0) is 13.0 Å². The summed E-state index contributed by atoms with van der Waals surface area (Å²) in [6.07, 6.45) is 5.80. The van der Waals surface area contributed by atoms with E-state index in [0.717, 1.165) is 43.0 Å². The zero-order chi connectivity index (χ0) is 14.6. The number of anilines is 1. The molecule has 0 aliphatic carbocycles. The highest BCUT2D eigenvalue weighted by Crippen LogP contribution is 2.35. The number of aliphatic hydroxyl groups excluding tert-OH is 1. The van der Waals surface area contributed by atoms with Gasteiger partial charge in [-0.1, -0.05) is 33.6 Å². The Kier molecular flexibility index (Phi) is 5.03. The maximum absolute atomic E-state index is 9.43. The van der Waals surface area contributed by atoms with Crippen molar-refractivity contribution in [3.05, 3.63) is 23.4 Å². The van der Waals surface area contributed by atoms with Crippen molar-refractivity contribution in [1.82, 2.24) is 4.98 Å². The Morgan fingerprint density at radius 2 is 1.95 bits per heavy atom. The quantitative estimate of drug-likeness (QED) is 0.893. The Morgan fingerprint density at radius 3 is 2.50 bits per heavy atom. The second-order valence-electron chi connectivity index (χ2n) is 6.38. The Morgan fingerprint density at radius 1 is 1.25 bits per heavy atom. The molecule has 0 radical (unpaired) electrons. The third kappa shape index (κ3) is 3.51. The highest BCUT2D eigenvalue weighted by atomic mass is 16.3. The Labute approximate surface area is 123 Å². The first kappa shape index (κ1) is 15.3. The molecule has 0 amide bonds. The van der Waals surface area contributed by atoms with Gasteiger partial charge in [0.15, 0.2) is 0 Å². The third-order valence-corrected chi connectivity index (χ3v) is 4.76. The van der Waals surface area contributed by atoms with E-state index in [0.29, 0.717) is 5.41 Å². The van der Waals surface area contributed by atoms with Gasteiger partial charge in [-0.05, 0) is 42.4 Å². The summed E-state index contributed by atoms with van der Waals surface area (Å²) in [6.45, 7) is 9.12. The second kappa shape index (κ2) is 6.57. The molecule has 1 saturated heterocycles. The van der Waals surface area contributed by atoms with E-state index in [1.54, 1.807) is 0 Å². The third-order valence-electron chi connectivity index (χ3n) is 4.76. The summed E-state index contributed by atoms with van der Waals surface area (Å²) in [6, 6.07) is 4.08. The SMILES string of the molecule is CCCc1cc(CO)cc(N2CCC(C)(CC)CC2)n1. The molecular weight excluding hydrogens is 248 g/mol. The van der Waals surface area contributed by atoms with Crippen LogP contribution < -0.4 is 4.90 Å². The molecule has 0 bridgehead atoms. The molecule has 0 atom stereocenters. The van der Waals surface area contributed by atoms with E-state index >= 15 is 0 Å². The van der Waals surface area contributed by atoms with Crippen LogP contribution in [0.1, 0.15) is 57.7 Å². The van der Waals surface area contributed by atoms with Crippen molar-refractivity contribution in [2.24, 2.45) is 5.41 Å². The minimum Gasteiger partial charge on any atom is -0.392 e. The largest absolute Gasteiger partial charge is 0.392 e. The van der Waals surface area contributed by atoms with Crippen molar-refractivity contribution in [2.75, 3.05) is 18.0 Å². The van der Waals surface area contributed by atoms with Crippen LogP contribution in [0.3, 0.4) is 0 Å². The van der Waals surface area contributed by atoms with Crippen LogP contribution in [0.5, 0.6) is 0 Å². The molecule has 1 aromatic heterocycles. The average molecular weight is 276 g/mol. The molecule has 1 N–H and O–H groups in total. The summed E-state index contributed by atoms with van der Waals surface area (Å²) < 4.78 is 0. The zero-order valence-corrected chi connectivity index (χ0v) is 13.2. The lowest BCUT2D eigenvalue weighted by atomic mass is 9.78. The molecule has 2 heterocycles. The van der Waals surface area contributed by atoms with E-state index in [9.17, 15) is 5.11 Å². The molecule has 112 valence electrons. The summed E-state index contributed by atoms with van der Waals surface area (Å²) in [5, 5.41) is 9.43. The van der Waals surface area contributed by atoms with Crippen molar-refractivity contribution in [1.29, 1.82) is 0 Å². The van der Waals surface area contributed by atoms with Gasteiger partial charge in [-0.3, -0.25) is 0 Å². The molecular formula is C17H28N2O.